The summed E-state index contributed by atoms with van der Waals surface area (Å²) in [6, 6.07) is 13.8. The summed E-state index contributed by atoms with van der Waals surface area (Å²) in [4.78, 5) is 5.31. The Labute approximate surface area is 208 Å². The second-order valence-electron chi connectivity index (χ2n) is 11.9. The Kier molecular flexibility index (Phi) is 4.59. The van der Waals surface area contributed by atoms with E-state index in [4.69, 9.17) is 9.72 Å². The standard InChI is InChI=1S/C32H35N2O/c1-17(2)11-21-14-23-12-18(3)19(4)28-29(23)27(16-21)35-32-31(28)34(5)26-8-6-7-24(30(26)33-32)25-15-20-9-10-22(25)13-20/h6-8,12,14,16-17,20,22,25H,9-11,13,15H2,1-5H3/q+1. The lowest BCUT2D eigenvalue weighted by molar-refractivity contribution is -0.634. The smallest absolute Gasteiger partial charge is 0.294 e. The minimum atomic E-state index is 0.603. The van der Waals surface area contributed by atoms with Crippen LogP contribution in [0.4, 0.5) is 0 Å². The molecule has 2 bridgehead atoms. The lowest BCUT2D eigenvalue weighted by Gasteiger charge is -2.25. The summed E-state index contributed by atoms with van der Waals surface area (Å²) in [5.41, 5.74) is 10.2. The third kappa shape index (κ3) is 3.09. The Morgan fingerprint density at radius 2 is 1.94 bits per heavy atom. The second kappa shape index (κ2) is 7.53. The van der Waals surface area contributed by atoms with Gasteiger partial charge in [-0.05, 0) is 96.9 Å². The molecule has 3 nitrogen and oxygen atoms in total. The van der Waals surface area contributed by atoms with Crippen LogP contribution in [0.3, 0.4) is 0 Å². The predicted molar refractivity (Wildman–Crippen MR) is 142 cm³/mol. The number of para-hydroxylation sites is 1. The summed E-state index contributed by atoms with van der Waals surface area (Å²) in [6.45, 7) is 9.04. The van der Waals surface area contributed by atoms with Crippen molar-refractivity contribution in [3.8, 4) is 22.9 Å². The lowest BCUT2D eigenvalue weighted by atomic mass is 9.83. The van der Waals surface area contributed by atoms with Crippen molar-refractivity contribution in [2.75, 3.05) is 0 Å². The van der Waals surface area contributed by atoms with Gasteiger partial charge in [0.25, 0.3) is 11.6 Å². The van der Waals surface area contributed by atoms with Crippen LogP contribution in [0, 0.1) is 31.6 Å². The van der Waals surface area contributed by atoms with E-state index in [1.54, 1.807) is 0 Å². The van der Waals surface area contributed by atoms with Gasteiger partial charge in [-0.2, -0.15) is 4.57 Å². The molecule has 2 fully saturated rings. The molecule has 3 heteroatoms. The van der Waals surface area contributed by atoms with Crippen molar-refractivity contribution in [3.63, 3.8) is 0 Å². The van der Waals surface area contributed by atoms with Gasteiger partial charge in [-0.3, -0.25) is 0 Å². The third-order valence-electron chi connectivity index (χ3n) is 9.16. The van der Waals surface area contributed by atoms with Crippen LogP contribution in [0.25, 0.3) is 33.1 Å². The Morgan fingerprint density at radius 3 is 2.69 bits per heavy atom. The van der Waals surface area contributed by atoms with E-state index in [1.807, 2.05) is 0 Å². The average Bonchev–Trinajstić information content (AvgIpc) is 3.45. The van der Waals surface area contributed by atoms with Gasteiger partial charge in [0, 0.05) is 11.5 Å². The molecule has 1 aromatic heterocycles. The van der Waals surface area contributed by atoms with Crippen LogP contribution >= 0.6 is 0 Å². The number of hydrogen-bond acceptors (Lipinski definition) is 2. The molecule has 0 amide bonds. The summed E-state index contributed by atoms with van der Waals surface area (Å²) >= 11 is 0. The highest BCUT2D eigenvalue weighted by atomic mass is 16.5. The van der Waals surface area contributed by atoms with E-state index in [1.165, 1.54) is 69.8 Å². The first-order chi connectivity index (χ1) is 16.9. The molecule has 0 spiro atoms. The number of benzene rings is 3. The fourth-order valence-electron chi connectivity index (χ4n) is 7.50. The summed E-state index contributed by atoms with van der Waals surface area (Å²) in [6.07, 6.45) is 6.58. The highest BCUT2D eigenvalue weighted by Gasteiger charge is 2.42. The number of fused-ring (bicyclic) bond motifs is 5. The molecule has 0 N–H and O–H groups in total. The van der Waals surface area contributed by atoms with Crippen molar-refractivity contribution in [2.24, 2.45) is 24.8 Å². The normalized spacial score (nSPS) is 22.3. The fraction of sp³-hybridized carbons (Fsp3) is 0.438. The Balaban J connectivity index is 1.49. The van der Waals surface area contributed by atoms with Crippen LogP contribution in [-0.2, 0) is 13.5 Å². The van der Waals surface area contributed by atoms with Crippen molar-refractivity contribution in [1.82, 2.24) is 4.98 Å². The summed E-state index contributed by atoms with van der Waals surface area (Å²) in [7, 11) is 2.20. The molecule has 3 unspecified atom stereocenters. The maximum atomic E-state index is 6.70. The van der Waals surface area contributed by atoms with Gasteiger partial charge >= 0.3 is 0 Å². The molecule has 3 aliphatic rings. The van der Waals surface area contributed by atoms with Crippen molar-refractivity contribution in [1.29, 1.82) is 0 Å². The van der Waals surface area contributed by atoms with Crippen LogP contribution < -0.4 is 9.30 Å². The molecule has 3 atom stereocenters. The zero-order valence-corrected chi connectivity index (χ0v) is 21.6. The fourth-order valence-corrected chi connectivity index (χ4v) is 7.50. The Hall–Kier alpha value is -2.94. The first-order valence-corrected chi connectivity index (χ1v) is 13.5. The van der Waals surface area contributed by atoms with Gasteiger partial charge in [0.05, 0.1) is 5.56 Å². The van der Waals surface area contributed by atoms with E-state index in [0.29, 0.717) is 11.8 Å². The molecule has 2 aliphatic carbocycles. The van der Waals surface area contributed by atoms with Crippen LogP contribution in [0.5, 0.6) is 11.6 Å². The number of hydrogen-bond donors (Lipinski definition) is 0. The van der Waals surface area contributed by atoms with Crippen molar-refractivity contribution in [2.45, 2.75) is 65.7 Å². The van der Waals surface area contributed by atoms with Crippen molar-refractivity contribution >= 4 is 21.8 Å². The quantitative estimate of drug-likeness (QED) is 0.256. The molecule has 35 heavy (non-hydrogen) atoms. The SMILES string of the molecule is Cc1cc2cc(CC(C)C)cc3c2c(c1C)-c1c(nc2c(C4CC5CCC4C5)cccc2[n+]1C)O3. The highest BCUT2D eigenvalue weighted by molar-refractivity contribution is 6.05. The van der Waals surface area contributed by atoms with Gasteiger partial charge in [-0.25, -0.2) is 4.98 Å². The monoisotopic (exact) mass is 463 g/mol. The van der Waals surface area contributed by atoms with E-state index in [0.717, 1.165) is 41.1 Å². The molecule has 178 valence electrons. The third-order valence-corrected chi connectivity index (χ3v) is 9.16. The summed E-state index contributed by atoms with van der Waals surface area (Å²) < 4.78 is 9.05. The zero-order chi connectivity index (χ0) is 24.0. The zero-order valence-electron chi connectivity index (χ0n) is 21.6. The number of aryl methyl sites for hydroxylation is 2. The topological polar surface area (TPSA) is 26.0 Å². The minimum absolute atomic E-state index is 0.603. The average molecular weight is 464 g/mol. The maximum absolute atomic E-state index is 6.70. The van der Waals surface area contributed by atoms with Crippen LogP contribution in [0.2, 0.25) is 0 Å². The second-order valence-corrected chi connectivity index (χ2v) is 11.9. The number of aromatic nitrogens is 2. The molecule has 3 aromatic carbocycles. The Morgan fingerprint density at radius 1 is 1.09 bits per heavy atom. The summed E-state index contributed by atoms with van der Waals surface area (Å²) in [5, 5.41) is 2.51. The lowest BCUT2D eigenvalue weighted by Crippen LogP contribution is -2.34. The van der Waals surface area contributed by atoms with E-state index in [-0.39, 0.29) is 0 Å². The van der Waals surface area contributed by atoms with E-state index in [9.17, 15) is 0 Å². The summed E-state index contributed by atoms with van der Waals surface area (Å²) in [5.74, 6) is 4.72. The highest BCUT2D eigenvalue weighted by Crippen LogP contribution is 2.54. The van der Waals surface area contributed by atoms with Gasteiger partial charge in [0.1, 0.15) is 18.3 Å². The van der Waals surface area contributed by atoms with Crippen LogP contribution in [0.1, 0.15) is 67.7 Å². The molecule has 2 saturated carbocycles. The largest absolute Gasteiger partial charge is 0.433 e. The molecular weight excluding hydrogens is 428 g/mol. The van der Waals surface area contributed by atoms with Gasteiger partial charge in [-0.1, -0.05) is 44.5 Å². The van der Waals surface area contributed by atoms with Crippen LogP contribution in [0.15, 0.2) is 36.4 Å². The van der Waals surface area contributed by atoms with E-state index < -0.39 is 0 Å². The first kappa shape index (κ1) is 21.4. The van der Waals surface area contributed by atoms with Crippen LogP contribution in [-0.4, -0.2) is 4.98 Å². The number of rotatable bonds is 3. The molecule has 7 rings (SSSR count). The number of ether oxygens (including phenoxy) is 1. The van der Waals surface area contributed by atoms with Gasteiger partial charge < -0.3 is 4.74 Å². The minimum Gasteiger partial charge on any atom is -0.433 e. The van der Waals surface area contributed by atoms with Gasteiger partial charge in [0.2, 0.25) is 5.52 Å². The molecule has 2 heterocycles. The molecule has 4 aromatic rings. The van der Waals surface area contributed by atoms with Crippen molar-refractivity contribution < 1.29 is 9.30 Å². The van der Waals surface area contributed by atoms with Gasteiger partial charge in [0.15, 0.2) is 0 Å². The van der Waals surface area contributed by atoms with E-state index in [2.05, 4.69) is 75.7 Å². The molecule has 1 aliphatic heterocycles. The van der Waals surface area contributed by atoms with Crippen molar-refractivity contribution in [3.05, 3.63) is 58.7 Å². The molecular formula is C32H35N2O+. The Bertz CT molecular complexity index is 1530. The van der Waals surface area contributed by atoms with Gasteiger partial charge in [-0.15, -0.1) is 0 Å². The molecule has 0 radical (unpaired) electrons. The first-order valence-electron chi connectivity index (χ1n) is 13.5. The van der Waals surface area contributed by atoms with E-state index >= 15 is 0 Å². The number of nitrogens with zero attached hydrogens (tertiary/aromatic N) is 2. The maximum Gasteiger partial charge on any atom is 0.294 e. The molecule has 0 saturated heterocycles. The predicted octanol–water partition coefficient (Wildman–Crippen LogP) is 7.70.